The van der Waals surface area contributed by atoms with Gasteiger partial charge in [0, 0.05) is 30.7 Å². The Bertz CT molecular complexity index is 1020. The number of hydrogen-bond acceptors (Lipinski definition) is 6. The monoisotopic (exact) mass is 429 g/mol. The van der Waals surface area contributed by atoms with E-state index < -0.39 is 31.8 Å². The summed E-state index contributed by atoms with van der Waals surface area (Å²) >= 11 is 0. The van der Waals surface area contributed by atoms with Crippen LogP contribution in [0.2, 0.25) is 0 Å². The van der Waals surface area contributed by atoms with Crippen molar-refractivity contribution in [2.75, 3.05) is 36.5 Å². The number of carbonyl (C=O) groups is 1. The molecule has 1 fully saturated rings. The highest BCUT2D eigenvalue weighted by Crippen LogP contribution is 2.31. The Balaban J connectivity index is 1.86. The minimum absolute atomic E-state index is 0.353. The fourth-order valence-corrected chi connectivity index (χ4v) is 3.75. The molecule has 0 radical (unpaired) electrons. The van der Waals surface area contributed by atoms with E-state index >= 15 is 0 Å². The van der Waals surface area contributed by atoms with Crippen molar-refractivity contribution in [2.45, 2.75) is 17.5 Å². The SMILES string of the molecule is Cc1cc(N2CCOCC2)ccc1NC(=O)c1cccnc1S(=O)(=O)C(F)(F)F. The fourth-order valence-electron chi connectivity index (χ4n) is 2.88. The van der Waals surface area contributed by atoms with E-state index in [4.69, 9.17) is 4.74 Å². The zero-order chi connectivity index (χ0) is 21.2. The van der Waals surface area contributed by atoms with Gasteiger partial charge in [0.1, 0.15) is 0 Å². The van der Waals surface area contributed by atoms with Gasteiger partial charge < -0.3 is 15.0 Å². The summed E-state index contributed by atoms with van der Waals surface area (Å²) in [4.78, 5) is 17.9. The van der Waals surface area contributed by atoms with Gasteiger partial charge in [0.25, 0.3) is 15.7 Å². The first-order chi connectivity index (χ1) is 13.6. The summed E-state index contributed by atoms with van der Waals surface area (Å²) in [6.07, 6.45) is 0.887. The maximum absolute atomic E-state index is 12.9. The Labute approximate surface area is 165 Å². The van der Waals surface area contributed by atoms with Gasteiger partial charge in [-0.3, -0.25) is 4.79 Å². The molecule has 29 heavy (non-hydrogen) atoms. The molecule has 1 saturated heterocycles. The number of halogens is 3. The molecular formula is C18H18F3N3O4S. The van der Waals surface area contributed by atoms with Gasteiger partial charge in [-0.1, -0.05) is 0 Å². The maximum Gasteiger partial charge on any atom is 0.503 e. The number of sulfone groups is 1. The second kappa shape index (κ2) is 7.99. The Morgan fingerprint density at radius 2 is 1.90 bits per heavy atom. The molecule has 2 heterocycles. The molecule has 0 bridgehead atoms. The lowest BCUT2D eigenvalue weighted by atomic mass is 10.1. The number of aromatic nitrogens is 1. The van der Waals surface area contributed by atoms with Crippen molar-refractivity contribution in [3.63, 3.8) is 0 Å². The molecule has 7 nitrogen and oxygen atoms in total. The van der Waals surface area contributed by atoms with Crippen molar-refractivity contribution in [2.24, 2.45) is 0 Å². The number of amides is 1. The quantitative estimate of drug-likeness (QED) is 0.804. The molecule has 0 atom stereocenters. The summed E-state index contributed by atoms with van der Waals surface area (Å²) < 4.78 is 67.5. The van der Waals surface area contributed by atoms with Crippen LogP contribution in [-0.4, -0.2) is 51.1 Å². The van der Waals surface area contributed by atoms with Crippen LogP contribution >= 0.6 is 0 Å². The Morgan fingerprint density at radius 3 is 2.52 bits per heavy atom. The number of benzene rings is 1. The minimum atomic E-state index is -5.77. The van der Waals surface area contributed by atoms with E-state index in [1.54, 1.807) is 19.1 Å². The molecule has 0 aliphatic carbocycles. The van der Waals surface area contributed by atoms with E-state index in [0.29, 0.717) is 24.5 Å². The number of hydrogen-bond donors (Lipinski definition) is 1. The van der Waals surface area contributed by atoms with E-state index in [2.05, 4.69) is 15.2 Å². The summed E-state index contributed by atoms with van der Waals surface area (Å²) in [6.45, 7) is 4.39. The summed E-state index contributed by atoms with van der Waals surface area (Å²) in [5.41, 5.74) is -4.30. The third-order valence-corrected chi connectivity index (χ3v) is 5.85. The first-order valence-corrected chi connectivity index (χ1v) is 10.1. The van der Waals surface area contributed by atoms with Crippen LogP contribution in [0.4, 0.5) is 24.5 Å². The number of morpholine rings is 1. The zero-order valence-electron chi connectivity index (χ0n) is 15.4. The van der Waals surface area contributed by atoms with Crippen molar-refractivity contribution in [3.8, 4) is 0 Å². The van der Waals surface area contributed by atoms with Crippen LogP contribution in [0.15, 0.2) is 41.6 Å². The molecule has 3 rings (SSSR count). The number of alkyl halides is 3. The number of nitrogens with one attached hydrogen (secondary N) is 1. The number of nitrogens with zero attached hydrogens (tertiary/aromatic N) is 2. The maximum atomic E-state index is 12.9. The summed E-state index contributed by atoms with van der Waals surface area (Å²) in [6, 6.07) is 7.39. The van der Waals surface area contributed by atoms with Gasteiger partial charge >= 0.3 is 5.51 Å². The Kier molecular flexibility index (Phi) is 5.80. The molecule has 2 aromatic rings. The molecule has 1 aliphatic rings. The molecule has 11 heteroatoms. The lowest BCUT2D eigenvalue weighted by Gasteiger charge is -2.29. The lowest BCUT2D eigenvalue weighted by Crippen LogP contribution is -2.36. The average Bonchev–Trinajstić information content (AvgIpc) is 2.69. The molecule has 0 spiro atoms. The summed E-state index contributed by atoms with van der Waals surface area (Å²) in [5, 5.41) is 1.14. The van der Waals surface area contributed by atoms with E-state index in [1.807, 2.05) is 6.07 Å². The van der Waals surface area contributed by atoms with Crippen LogP contribution in [0.3, 0.4) is 0 Å². The number of rotatable bonds is 4. The normalized spacial score (nSPS) is 15.2. The molecule has 1 aromatic heterocycles. The van der Waals surface area contributed by atoms with Gasteiger partial charge in [-0.25, -0.2) is 13.4 Å². The van der Waals surface area contributed by atoms with Crippen LogP contribution in [0, 0.1) is 6.92 Å². The molecule has 1 amide bonds. The van der Waals surface area contributed by atoms with E-state index in [1.165, 1.54) is 6.07 Å². The van der Waals surface area contributed by atoms with Gasteiger partial charge in [-0.2, -0.15) is 13.2 Å². The fraction of sp³-hybridized carbons (Fsp3) is 0.333. The second-order valence-electron chi connectivity index (χ2n) is 6.36. The van der Waals surface area contributed by atoms with Crippen molar-refractivity contribution >= 4 is 27.1 Å². The topological polar surface area (TPSA) is 88.6 Å². The van der Waals surface area contributed by atoms with Crippen LogP contribution in [0.25, 0.3) is 0 Å². The first kappa shape index (κ1) is 21.1. The number of carbonyl (C=O) groups excluding carboxylic acids is 1. The third-order valence-electron chi connectivity index (χ3n) is 4.41. The van der Waals surface area contributed by atoms with Gasteiger partial charge in [0.2, 0.25) is 0 Å². The largest absolute Gasteiger partial charge is 0.503 e. The smallest absolute Gasteiger partial charge is 0.378 e. The van der Waals surface area contributed by atoms with Crippen molar-refractivity contribution < 1.29 is 31.1 Å². The molecule has 1 aliphatic heterocycles. The summed E-state index contributed by atoms with van der Waals surface area (Å²) in [7, 11) is -5.77. The molecule has 156 valence electrons. The van der Waals surface area contributed by atoms with E-state index in [0.717, 1.165) is 31.0 Å². The zero-order valence-corrected chi connectivity index (χ0v) is 16.2. The van der Waals surface area contributed by atoms with E-state index in [9.17, 15) is 26.4 Å². The molecule has 1 aromatic carbocycles. The van der Waals surface area contributed by atoms with Crippen molar-refractivity contribution in [1.82, 2.24) is 4.98 Å². The van der Waals surface area contributed by atoms with Crippen LogP contribution in [0.1, 0.15) is 15.9 Å². The number of pyridine rings is 1. The molecule has 0 unspecified atom stereocenters. The van der Waals surface area contributed by atoms with Crippen LogP contribution in [-0.2, 0) is 14.6 Å². The molecule has 1 N–H and O–H groups in total. The standard InChI is InChI=1S/C18H18F3N3O4S/c1-12-11-13(24-7-9-28-10-8-24)4-5-15(12)23-16(25)14-3-2-6-22-17(14)29(26,27)18(19,20)21/h2-6,11H,7-10H2,1H3,(H,23,25). The Morgan fingerprint density at radius 1 is 1.21 bits per heavy atom. The highest BCUT2D eigenvalue weighted by molar-refractivity contribution is 7.92. The van der Waals surface area contributed by atoms with Gasteiger partial charge in [-0.15, -0.1) is 0 Å². The van der Waals surface area contributed by atoms with Crippen molar-refractivity contribution in [1.29, 1.82) is 0 Å². The highest BCUT2D eigenvalue weighted by Gasteiger charge is 2.49. The van der Waals surface area contributed by atoms with Gasteiger partial charge in [-0.05, 0) is 42.8 Å². The number of ether oxygens (including phenoxy) is 1. The number of anilines is 2. The second-order valence-corrected chi connectivity index (χ2v) is 8.21. The number of aryl methyl sites for hydroxylation is 1. The molecular weight excluding hydrogens is 411 g/mol. The first-order valence-electron chi connectivity index (χ1n) is 8.62. The summed E-state index contributed by atoms with van der Waals surface area (Å²) in [5.74, 6) is -0.997. The van der Waals surface area contributed by atoms with E-state index in [-0.39, 0.29) is 0 Å². The van der Waals surface area contributed by atoms with Gasteiger partial charge in [0.05, 0.1) is 18.8 Å². The highest BCUT2D eigenvalue weighted by atomic mass is 32.2. The third kappa shape index (κ3) is 4.35. The predicted octanol–water partition coefficient (Wildman–Crippen LogP) is 2.77. The van der Waals surface area contributed by atoms with Gasteiger partial charge in [0.15, 0.2) is 5.03 Å². The van der Waals surface area contributed by atoms with Crippen molar-refractivity contribution in [3.05, 3.63) is 47.7 Å². The minimum Gasteiger partial charge on any atom is -0.378 e. The van der Waals surface area contributed by atoms with Crippen LogP contribution in [0.5, 0.6) is 0 Å². The van der Waals surface area contributed by atoms with Crippen LogP contribution < -0.4 is 10.2 Å². The Hall–Kier alpha value is -2.66. The predicted molar refractivity (Wildman–Crippen MR) is 99.6 cm³/mol. The average molecular weight is 429 g/mol. The lowest BCUT2D eigenvalue weighted by molar-refractivity contribution is -0.0438. The molecule has 0 saturated carbocycles.